The number of anilines is 1. The van der Waals surface area contributed by atoms with E-state index in [9.17, 15) is 13.2 Å². The summed E-state index contributed by atoms with van der Waals surface area (Å²) in [6.07, 6.45) is -2.08. The Morgan fingerprint density at radius 2 is 2.00 bits per heavy atom. The first-order valence-corrected chi connectivity index (χ1v) is 5.79. The maximum absolute atomic E-state index is 12.6. The highest BCUT2D eigenvalue weighted by molar-refractivity contribution is 5.52. The molecule has 0 aliphatic rings. The van der Waals surface area contributed by atoms with Gasteiger partial charge < -0.3 is 5.43 Å². The molecule has 0 aliphatic heterocycles. The number of nitrogens with zero attached hydrogens (tertiary/aromatic N) is 4. The highest BCUT2D eigenvalue weighted by Gasteiger charge is 2.34. The van der Waals surface area contributed by atoms with E-state index in [1.807, 2.05) is 13.8 Å². The number of nitrogens with two attached hydrogens (primary N) is 1. The summed E-state index contributed by atoms with van der Waals surface area (Å²) < 4.78 is 38.8. The molecule has 108 valence electrons. The van der Waals surface area contributed by atoms with Gasteiger partial charge in [-0.05, 0) is 12.0 Å². The summed E-state index contributed by atoms with van der Waals surface area (Å²) >= 11 is 0. The van der Waals surface area contributed by atoms with Gasteiger partial charge in [0.25, 0.3) is 0 Å². The van der Waals surface area contributed by atoms with Gasteiger partial charge in [0.05, 0.1) is 0 Å². The van der Waals surface area contributed by atoms with Gasteiger partial charge in [0.15, 0.2) is 11.5 Å². The molecular formula is C11H13F3N6. The summed E-state index contributed by atoms with van der Waals surface area (Å²) in [4.78, 5) is 7.95. The van der Waals surface area contributed by atoms with Gasteiger partial charge in [0, 0.05) is 11.8 Å². The number of nitrogens with one attached hydrogen (secondary N) is 1. The van der Waals surface area contributed by atoms with E-state index in [1.165, 1.54) is 12.5 Å². The van der Waals surface area contributed by atoms with Gasteiger partial charge in [-0.2, -0.15) is 18.3 Å². The molecule has 2 rings (SSSR count). The predicted molar refractivity (Wildman–Crippen MR) is 66.1 cm³/mol. The summed E-state index contributed by atoms with van der Waals surface area (Å²) in [5.74, 6) is 5.93. The molecule has 6 nitrogen and oxygen atoms in total. The molecule has 0 spiro atoms. The smallest absolute Gasteiger partial charge is 0.308 e. The average Bonchev–Trinajstić information content (AvgIpc) is 2.86. The number of rotatable bonds is 3. The van der Waals surface area contributed by atoms with Crippen LogP contribution >= 0.6 is 0 Å². The van der Waals surface area contributed by atoms with E-state index < -0.39 is 11.9 Å². The maximum Gasteiger partial charge on any atom is 0.435 e. The van der Waals surface area contributed by atoms with Crippen molar-refractivity contribution in [3.8, 4) is 5.82 Å². The minimum absolute atomic E-state index is 0.0456. The van der Waals surface area contributed by atoms with E-state index in [0.717, 1.165) is 10.7 Å². The summed E-state index contributed by atoms with van der Waals surface area (Å²) in [5.41, 5.74) is 2.02. The van der Waals surface area contributed by atoms with Crippen molar-refractivity contribution in [1.82, 2.24) is 19.7 Å². The first-order chi connectivity index (χ1) is 9.34. The maximum atomic E-state index is 12.6. The topological polar surface area (TPSA) is 81.6 Å². The monoisotopic (exact) mass is 286 g/mol. The highest BCUT2D eigenvalue weighted by atomic mass is 19.4. The van der Waals surface area contributed by atoms with Crippen LogP contribution in [-0.2, 0) is 6.18 Å². The van der Waals surface area contributed by atoms with Gasteiger partial charge in [0.1, 0.15) is 12.1 Å². The lowest BCUT2D eigenvalue weighted by Crippen LogP contribution is -2.16. The largest absolute Gasteiger partial charge is 0.435 e. The molecule has 0 fully saturated rings. The standard InChI is InChI=1S/C11H13F3N6/c1-6(2)8-9(18-15)16-5-17-10(8)20-4-3-7(19-20)11(12,13)14/h3-6H,15H2,1-2H3,(H,16,17,18). The molecule has 0 bridgehead atoms. The predicted octanol–water partition coefficient (Wildman–Crippen LogP) is 2.09. The summed E-state index contributed by atoms with van der Waals surface area (Å²) in [6, 6.07) is 0.891. The Balaban J connectivity index is 2.55. The molecule has 9 heteroatoms. The normalized spacial score (nSPS) is 11.9. The van der Waals surface area contributed by atoms with E-state index in [-0.39, 0.29) is 11.7 Å². The van der Waals surface area contributed by atoms with Crippen LogP contribution in [0.25, 0.3) is 5.82 Å². The van der Waals surface area contributed by atoms with Crippen LogP contribution in [0.2, 0.25) is 0 Å². The molecule has 0 amide bonds. The fraction of sp³-hybridized carbons (Fsp3) is 0.364. The van der Waals surface area contributed by atoms with E-state index in [4.69, 9.17) is 5.84 Å². The Labute approximate surface area is 112 Å². The molecule has 0 atom stereocenters. The second kappa shape index (κ2) is 5.08. The molecule has 2 aromatic rings. The van der Waals surface area contributed by atoms with Crippen molar-refractivity contribution in [2.24, 2.45) is 5.84 Å². The summed E-state index contributed by atoms with van der Waals surface area (Å²) in [5, 5.41) is 3.50. The van der Waals surface area contributed by atoms with E-state index in [1.54, 1.807) is 0 Å². The van der Waals surface area contributed by atoms with E-state index >= 15 is 0 Å². The minimum Gasteiger partial charge on any atom is -0.308 e. The summed E-state index contributed by atoms with van der Waals surface area (Å²) in [7, 11) is 0. The number of hydrogen-bond acceptors (Lipinski definition) is 5. The first kappa shape index (κ1) is 14.3. The lowest BCUT2D eigenvalue weighted by atomic mass is 10.0. The molecule has 2 heterocycles. The molecule has 0 saturated heterocycles. The Morgan fingerprint density at radius 3 is 2.50 bits per heavy atom. The molecule has 0 saturated carbocycles. The second-order valence-corrected chi connectivity index (χ2v) is 4.40. The number of halogens is 3. The Kier molecular flexibility index (Phi) is 3.62. The Hall–Kier alpha value is -2.16. The van der Waals surface area contributed by atoms with Gasteiger partial charge >= 0.3 is 6.18 Å². The van der Waals surface area contributed by atoms with Crippen LogP contribution in [0.3, 0.4) is 0 Å². The van der Waals surface area contributed by atoms with E-state index in [0.29, 0.717) is 11.4 Å². The molecule has 0 aliphatic carbocycles. The van der Waals surface area contributed by atoms with Crippen LogP contribution in [0.5, 0.6) is 0 Å². The lowest BCUT2D eigenvalue weighted by Gasteiger charge is -2.15. The van der Waals surface area contributed by atoms with Crippen molar-refractivity contribution >= 4 is 5.82 Å². The van der Waals surface area contributed by atoms with Crippen LogP contribution in [0, 0.1) is 0 Å². The van der Waals surface area contributed by atoms with Crippen molar-refractivity contribution in [2.45, 2.75) is 25.9 Å². The quantitative estimate of drug-likeness (QED) is 0.667. The molecule has 20 heavy (non-hydrogen) atoms. The zero-order chi connectivity index (χ0) is 14.9. The van der Waals surface area contributed by atoms with Crippen molar-refractivity contribution in [2.75, 3.05) is 5.43 Å². The van der Waals surface area contributed by atoms with Gasteiger partial charge in [-0.15, -0.1) is 0 Å². The van der Waals surface area contributed by atoms with Crippen LogP contribution in [0.15, 0.2) is 18.6 Å². The molecule has 0 aromatic carbocycles. The van der Waals surface area contributed by atoms with Crippen molar-refractivity contribution in [1.29, 1.82) is 0 Å². The molecule has 0 unspecified atom stereocenters. The third kappa shape index (κ3) is 2.57. The Bertz CT molecular complexity index is 604. The number of aromatic nitrogens is 4. The third-order valence-corrected chi connectivity index (χ3v) is 2.67. The minimum atomic E-state index is -4.49. The van der Waals surface area contributed by atoms with Crippen LogP contribution in [-0.4, -0.2) is 19.7 Å². The number of nitrogen functional groups attached to an aromatic ring is 1. The van der Waals surface area contributed by atoms with Crippen molar-refractivity contribution in [3.63, 3.8) is 0 Å². The lowest BCUT2D eigenvalue weighted by molar-refractivity contribution is -0.141. The SMILES string of the molecule is CC(C)c1c(NN)ncnc1-n1ccc(C(F)(F)F)n1. The van der Waals surface area contributed by atoms with Crippen LogP contribution in [0.4, 0.5) is 19.0 Å². The van der Waals surface area contributed by atoms with Crippen molar-refractivity contribution in [3.05, 3.63) is 29.8 Å². The number of hydrogen-bond donors (Lipinski definition) is 2. The van der Waals surface area contributed by atoms with Gasteiger partial charge in [-0.3, -0.25) is 0 Å². The number of hydrazine groups is 1. The molecule has 2 aromatic heterocycles. The fourth-order valence-electron chi connectivity index (χ4n) is 1.81. The Morgan fingerprint density at radius 1 is 1.30 bits per heavy atom. The fourth-order valence-corrected chi connectivity index (χ4v) is 1.81. The summed E-state index contributed by atoms with van der Waals surface area (Å²) in [6.45, 7) is 3.72. The van der Waals surface area contributed by atoms with Crippen LogP contribution < -0.4 is 11.3 Å². The molecular weight excluding hydrogens is 273 g/mol. The molecule has 3 N–H and O–H groups in total. The molecule has 0 radical (unpaired) electrons. The first-order valence-electron chi connectivity index (χ1n) is 5.79. The van der Waals surface area contributed by atoms with Crippen molar-refractivity contribution < 1.29 is 13.2 Å². The van der Waals surface area contributed by atoms with Gasteiger partial charge in [-0.25, -0.2) is 20.5 Å². The second-order valence-electron chi connectivity index (χ2n) is 4.40. The third-order valence-electron chi connectivity index (χ3n) is 2.67. The van der Waals surface area contributed by atoms with Gasteiger partial charge in [0.2, 0.25) is 0 Å². The number of alkyl halides is 3. The zero-order valence-corrected chi connectivity index (χ0v) is 10.8. The average molecular weight is 286 g/mol. The van der Waals surface area contributed by atoms with E-state index in [2.05, 4.69) is 20.5 Å². The highest BCUT2D eigenvalue weighted by Crippen LogP contribution is 2.30. The van der Waals surface area contributed by atoms with Crippen LogP contribution in [0.1, 0.15) is 31.0 Å². The van der Waals surface area contributed by atoms with Gasteiger partial charge in [-0.1, -0.05) is 13.8 Å². The zero-order valence-electron chi connectivity index (χ0n) is 10.8.